The van der Waals surface area contributed by atoms with Gasteiger partial charge in [-0.25, -0.2) is 8.42 Å². The minimum Gasteiger partial charge on any atom is -0.355 e. The van der Waals surface area contributed by atoms with Crippen LogP contribution < -0.4 is 15.8 Å². The van der Waals surface area contributed by atoms with Crippen molar-refractivity contribution in [3.63, 3.8) is 0 Å². The zero-order valence-electron chi connectivity index (χ0n) is 16.7. The van der Waals surface area contributed by atoms with Crippen molar-refractivity contribution in [2.45, 2.75) is 31.0 Å². The quantitative estimate of drug-likeness (QED) is 0.643. The molecule has 0 spiro atoms. The summed E-state index contributed by atoms with van der Waals surface area (Å²) in [5.74, 6) is -0.139. The van der Waals surface area contributed by atoms with E-state index in [2.05, 4.69) is 5.32 Å². The van der Waals surface area contributed by atoms with Crippen LogP contribution in [-0.4, -0.2) is 50.4 Å². The molecular weight excluding hydrogens is 392 g/mol. The van der Waals surface area contributed by atoms with Crippen molar-refractivity contribution in [3.05, 3.63) is 64.1 Å². The van der Waals surface area contributed by atoms with Crippen LogP contribution in [0.2, 0.25) is 0 Å². The zero-order chi connectivity index (χ0) is 21.0. The van der Waals surface area contributed by atoms with E-state index in [1.165, 1.54) is 27.2 Å². The highest BCUT2D eigenvalue weighted by molar-refractivity contribution is 7.89. The molecule has 1 unspecified atom stereocenters. The Balaban J connectivity index is 1.72. The van der Waals surface area contributed by atoms with Gasteiger partial charge in [0.1, 0.15) is 6.54 Å². The number of nitrogens with zero attached hydrogens (tertiary/aromatic N) is 2. The van der Waals surface area contributed by atoms with Gasteiger partial charge >= 0.3 is 0 Å². The molecular formula is C20H27N4O4S+. The number of aromatic nitrogens is 1. The Kier molecular flexibility index (Phi) is 6.51. The standard InChI is InChI=1S/C20H26N4O4S/c1-21-20(26)17-7-5-16(6-8-17)13-22(2)15-23-14-18(9-10-19(23)25)29(27,28)24-11-3-4-12-24/h5-10,14H,3-4,11-13,15H2,1-2H3,(H,21,26)/p+1. The number of rotatable bonds is 7. The molecule has 1 aromatic heterocycles. The number of nitrogens with one attached hydrogen (secondary N) is 2. The minimum absolute atomic E-state index is 0.139. The summed E-state index contributed by atoms with van der Waals surface area (Å²) in [6, 6.07) is 9.98. The van der Waals surface area contributed by atoms with Gasteiger partial charge in [-0.3, -0.25) is 14.2 Å². The lowest BCUT2D eigenvalue weighted by molar-refractivity contribution is -0.917. The van der Waals surface area contributed by atoms with Crippen molar-refractivity contribution in [3.8, 4) is 0 Å². The number of pyridine rings is 1. The second kappa shape index (κ2) is 8.89. The number of sulfonamides is 1. The smallest absolute Gasteiger partial charge is 0.254 e. The predicted molar refractivity (Wildman–Crippen MR) is 109 cm³/mol. The Morgan fingerprint density at radius 1 is 1.10 bits per heavy atom. The summed E-state index contributed by atoms with van der Waals surface area (Å²) < 4.78 is 28.4. The average Bonchev–Trinajstić information content (AvgIpc) is 3.25. The fourth-order valence-corrected chi connectivity index (χ4v) is 5.01. The van der Waals surface area contributed by atoms with E-state index in [9.17, 15) is 18.0 Å². The van der Waals surface area contributed by atoms with E-state index in [-0.39, 0.29) is 16.4 Å². The van der Waals surface area contributed by atoms with Gasteiger partial charge in [0.05, 0.1) is 11.9 Å². The van der Waals surface area contributed by atoms with E-state index in [0.717, 1.165) is 23.3 Å². The Morgan fingerprint density at radius 2 is 1.76 bits per heavy atom. The van der Waals surface area contributed by atoms with Crippen molar-refractivity contribution >= 4 is 15.9 Å². The van der Waals surface area contributed by atoms with Crippen molar-refractivity contribution in [1.82, 2.24) is 14.2 Å². The maximum absolute atomic E-state index is 12.8. The van der Waals surface area contributed by atoms with Crippen molar-refractivity contribution in [1.29, 1.82) is 0 Å². The molecule has 0 aliphatic carbocycles. The molecule has 0 bridgehead atoms. The van der Waals surface area contributed by atoms with Crippen LogP contribution in [0, 0.1) is 0 Å². The van der Waals surface area contributed by atoms with Gasteiger partial charge in [0, 0.05) is 43.5 Å². The Labute approximate surface area is 170 Å². The second-order valence-corrected chi connectivity index (χ2v) is 9.29. The lowest BCUT2D eigenvalue weighted by Crippen LogP contribution is -3.07. The van der Waals surface area contributed by atoms with Crippen molar-refractivity contribution in [2.24, 2.45) is 0 Å². The van der Waals surface area contributed by atoms with Crippen LogP contribution in [0.1, 0.15) is 28.8 Å². The van der Waals surface area contributed by atoms with E-state index in [4.69, 9.17) is 0 Å². The van der Waals surface area contributed by atoms with Gasteiger partial charge in [0.2, 0.25) is 10.0 Å². The largest absolute Gasteiger partial charge is 0.355 e. The number of hydrogen-bond donors (Lipinski definition) is 2. The molecule has 3 rings (SSSR count). The normalized spacial score (nSPS) is 15.9. The minimum atomic E-state index is -3.56. The first kappa shape index (κ1) is 21.2. The van der Waals surface area contributed by atoms with Crippen LogP contribution in [0.5, 0.6) is 0 Å². The highest BCUT2D eigenvalue weighted by Crippen LogP contribution is 2.19. The number of quaternary nitrogens is 1. The highest BCUT2D eigenvalue weighted by Gasteiger charge is 2.27. The second-order valence-electron chi connectivity index (χ2n) is 7.35. The summed E-state index contributed by atoms with van der Waals surface area (Å²) in [7, 11) is -0.0431. The number of benzene rings is 1. The fourth-order valence-electron chi connectivity index (χ4n) is 3.48. The molecule has 1 aliphatic rings. The van der Waals surface area contributed by atoms with E-state index in [0.29, 0.717) is 31.9 Å². The SMILES string of the molecule is CNC(=O)c1ccc(C[NH+](C)Cn2cc(S(=O)(=O)N3CCCC3)ccc2=O)cc1. The van der Waals surface area contributed by atoms with Crippen LogP contribution >= 0.6 is 0 Å². The Bertz CT molecular complexity index is 1030. The number of amides is 1. The summed E-state index contributed by atoms with van der Waals surface area (Å²) >= 11 is 0. The number of carbonyl (C=O) groups excluding carboxylic acids is 1. The molecule has 2 N–H and O–H groups in total. The molecule has 1 fully saturated rings. The molecule has 0 saturated carbocycles. The van der Waals surface area contributed by atoms with Crippen molar-refractivity contribution in [2.75, 3.05) is 27.2 Å². The Hall–Kier alpha value is -2.49. The molecule has 2 aromatic rings. The zero-order valence-corrected chi connectivity index (χ0v) is 17.5. The molecule has 2 heterocycles. The molecule has 156 valence electrons. The number of hydrogen-bond acceptors (Lipinski definition) is 4. The molecule has 1 aromatic carbocycles. The van der Waals surface area contributed by atoms with Crippen LogP contribution in [0.4, 0.5) is 0 Å². The molecule has 1 atom stereocenters. The lowest BCUT2D eigenvalue weighted by atomic mass is 10.1. The monoisotopic (exact) mass is 419 g/mol. The summed E-state index contributed by atoms with van der Waals surface area (Å²) in [5.41, 5.74) is 1.37. The maximum Gasteiger partial charge on any atom is 0.254 e. The van der Waals surface area contributed by atoms with E-state index >= 15 is 0 Å². The van der Waals surface area contributed by atoms with Crippen LogP contribution in [-0.2, 0) is 23.2 Å². The van der Waals surface area contributed by atoms with Crippen molar-refractivity contribution < 1.29 is 18.1 Å². The number of carbonyl (C=O) groups is 1. The highest BCUT2D eigenvalue weighted by atomic mass is 32.2. The van der Waals surface area contributed by atoms with E-state index < -0.39 is 10.0 Å². The Morgan fingerprint density at radius 3 is 2.38 bits per heavy atom. The van der Waals surface area contributed by atoms with Gasteiger partial charge in [0.15, 0.2) is 6.67 Å². The molecule has 1 saturated heterocycles. The summed E-state index contributed by atoms with van der Waals surface area (Å²) in [6.45, 7) is 2.01. The first-order chi connectivity index (χ1) is 13.8. The summed E-state index contributed by atoms with van der Waals surface area (Å²) in [5, 5.41) is 2.58. The third kappa shape index (κ3) is 4.92. The van der Waals surface area contributed by atoms with Gasteiger partial charge in [-0.2, -0.15) is 4.31 Å². The third-order valence-electron chi connectivity index (χ3n) is 5.05. The fraction of sp³-hybridized carbons (Fsp3) is 0.400. The average molecular weight is 420 g/mol. The van der Waals surface area contributed by atoms with Crippen LogP contribution in [0.25, 0.3) is 0 Å². The topological polar surface area (TPSA) is 92.9 Å². The van der Waals surface area contributed by atoms with Crippen LogP contribution in [0.3, 0.4) is 0 Å². The van der Waals surface area contributed by atoms with Gasteiger partial charge in [0.25, 0.3) is 11.5 Å². The summed E-state index contributed by atoms with van der Waals surface area (Å²) in [6.07, 6.45) is 3.17. The molecule has 8 nitrogen and oxygen atoms in total. The maximum atomic E-state index is 12.8. The van der Waals surface area contributed by atoms with E-state index in [1.54, 1.807) is 19.2 Å². The molecule has 9 heteroatoms. The van der Waals surface area contributed by atoms with Gasteiger partial charge in [-0.05, 0) is 31.0 Å². The molecule has 1 aliphatic heterocycles. The first-order valence-electron chi connectivity index (χ1n) is 9.64. The first-order valence-corrected chi connectivity index (χ1v) is 11.1. The molecule has 0 radical (unpaired) electrons. The van der Waals surface area contributed by atoms with Crippen LogP contribution in [0.15, 0.2) is 52.3 Å². The predicted octanol–water partition coefficient (Wildman–Crippen LogP) is -0.335. The third-order valence-corrected chi connectivity index (χ3v) is 6.93. The van der Waals surface area contributed by atoms with Gasteiger partial charge in [-0.1, -0.05) is 12.1 Å². The van der Waals surface area contributed by atoms with E-state index in [1.807, 2.05) is 19.2 Å². The van der Waals surface area contributed by atoms with Gasteiger partial charge in [-0.15, -0.1) is 0 Å². The lowest BCUT2D eigenvalue weighted by Gasteiger charge is -2.18. The van der Waals surface area contributed by atoms with Gasteiger partial charge < -0.3 is 10.2 Å². The summed E-state index contributed by atoms with van der Waals surface area (Å²) in [4.78, 5) is 25.0. The molecule has 29 heavy (non-hydrogen) atoms. The molecule has 1 amide bonds.